The van der Waals surface area contributed by atoms with E-state index in [-0.39, 0.29) is 6.03 Å². The molecule has 5 heteroatoms. The van der Waals surface area contributed by atoms with Crippen LogP contribution in [-0.4, -0.2) is 19.2 Å². The number of anilines is 1. The summed E-state index contributed by atoms with van der Waals surface area (Å²) in [4.78, 5) is 12.4. The van der Waals surface area contributed by atoms with Gasteiger partial charge in [-0.3, -0.25) is 0 Å². The van der Waals surface area contributed by atoms with E-state index >= 15 is 0 Å². The molecule has 132 valence electrons. The van der Waals surface area contributed by atoms with Crippen LogP contribution in [0.4, 0.5) is 10.5 Å². The number of aryl methyl sites for hydroxylation is 2. The van der Waals surface area contributed by atoms with E-state index in [0.717, 1.165) is 22.6 Å². The van der Waals surface area contributed by atoms with E-state index < -0.39 is 5.54 Å². The SMILES string of the molecule is Cc1ccc(NC(=O)NC(C)(C)c2ccc3c(c2)OCCO3)cc1C. The van der Waals surface area contributed by atoms with E-state index in [9.17, 15) is 4.79 Å². The maximum absolute atomic E-state index is 12.4. The highest BCUT2D eigenvalue weighted by Crippen LogP contribution is 2.34. The number of hydrogen-bond acceptors (Lipinski definition) is 3. The van der Waals surface area contributed by atoms with Crippen LogP contribution in [0.2, 0.25) is 0 Å². The fourth-order valence-corrected chi connectivity index (χ4v) is 2.77. The highest BCUT2D eigenvalue weighted by atomic mass is 16.6. The normalized spacial score (nSPS) is 13.3. The molecule has 0 spiro atoms. The number of benzene rings is 2. The molecule has 0 bridgehead atoms. The standard InChI is InChI=1S/C20H24N2O3/c1-13-5-7-16(11-14(13)2)21-19(23)22-20(3,4)15-6-8-17-18(12-15)25-10-9-24-17/h5-8,11-12H,9-10H2,1-4H3,(H2,21,22,23). The number of hydrogen-bond donors (Lipinski definition) is 2. The zero-order chi connectivity index (χ0) is 18.0. The van der Waals surface area contributed by atoms with E-state index in [0.29, 0.717) is 19.0 Å². The van der Waals surface area contributed by atoms with Gasteiger partial charge in [0, 0.05) is 5.69 Å². The number of amides is 2. The van der Waals surface area contributed by atoms with Gasteiger partial charge in [0.1, 0.15) is 13.2 Å². The van der Waals surface area contributed by atoms with Gasteiger partial charge in [0.25, 0.3) is 0 Å². The molecule has 0 aliphatic carbocycles. The molecule has 2 aromatic carbocycles. The van der Waals surface area contributed by atoms with Crippen LogP contribution in [0.5, 0.6) is 11.5 Å². The number of fused-ring (bicyclic) bond motifs is 1. The maximum atomic E-state index is 12.4. The molecule has 25 heavy (non-hydrogen) atoms. The minimum absolute atomic E-state index is 0.247. The number of rotatable bonds is 3. The number of urea groups is 1. The summed E-state index contributed by atoms with van der Waals surface area (Å²) in [6.45, 7) is 9.09. The molecule has 0 saturated heterocycles. The molecule has 1 aliphatic rings. The summed E-state index contributed by atoms with van der Waals surface area (Å²) in [5.74, 6) is 1.46. The van der Waals surface area contributed by atoms with Crippen LogP contribution < -0.4 is 20.1 Å². The van der Waals surface area contributed by atoms with Crippen molar-refractivity contribution in [3.05, 3.63) is 53.1 Å². The summed E-state index contributed by atoms with van der Waals surface area (Å²) in [5.41, 5.74) is 3.51. The van der Waals surface area contributed by atoms with Gasteiger partial charge in [0.15, 0.2) is 11.5 Å². The Kier molecular flexibility index (Phi) is 4.57. The summed E-state index contributed by atoms with van der Waals surface area (Å²) >= 11 is 0. The largest absolute Gasteiger partial charge is 0.486 e. The first kappa shape index (κ1) is 17.1. The molecule has 1 heterocycles. The Balaban J connectivity index is 1.71. The lowest BCUT2D eigenvalue weighted by atomic mass is 9.94. The quantitative estimate of drug-likeness (QED) is 0.883. The van der Waals surface area contributed by atoms with E-state index in [4.69, 9.17) is 9.47 Å². The van der Waals surface area contributed by atoms with Crippen molar-refractivity contribution in [1.82, 2.24) is 5.32 Å². The average molecular weight is 340 g/mol. The van der Waals surface area contributed by atoms with E-state index in [1.165, 1.54) is 5.56 Å². The van der Waals surface area contributed by atoms with Crippen molar-refractivity contribution in [3.8, 4) is 11.5 Å². The van der Waals surface area contributed by atoms with Gasteiger partial charge in [-0.1, -0.05) is 12.1 Å². The van der Waals surface area contributed by atoms with Gasteiger partial charge in [0.05, 0.1) is 5.54 Å². The number of carbonyl (C=O) groups is 1. The topological polar surface area (TPSA) is 59.6 Å². The Labute approximate surface area is 148 Å². The molecule has 0 atom stereocenters. The molecule has 1 aliphatic heterocycles. The van der Waals surface area contributed by atoms with Crippen molar-refractivity contribution in [1.29, 1.82) is 0 Å². The second-order valence-corrected chi connectivity index (χ2v) is 6.86. The minimum Gasteiger partial charge on any atom is -0.486 e. The zero-order valence-electron chi connectivity index (χ0n) is 15.1. The van der Waals surface area contributed by atoms with Crippen molar-refractivity contribution >= 4 is 11.7 Å². The molecular formula is C20H24N2O3. The van der Waals surface area contributed by atoms with Crippen LogP contribution in [0.3, 0.4) is 0 Å². The molecule has 2 amide bonds. The van der Waals surface area contributed by atoms with Gasteiger partial charge in [-0.05, 0) is 68.7 Å². The van der Waals surface area contributed by atoms with Crippen molar-refractivity contribution in [2.75, 3.05) is 18.5 Å². The first-order valence-electron chi connectivity index (χ1n) is 8.42. The van der Waals surface area contributed by atoms with Crippen LogP contribution in [-0.2, 0) is 5.54 Å². The third kappa shape index (κ3) is 3.87. The van der Waals surface area contributed by atoms with Crippen molar-refractivity contribution in [2.45, 2.75) is 33.2 Å². The molecule has 0 unspecified atom stereocenters. The fourth-order valence-electron chi connectivity index (χ4n) is 2.77. The van der Waals surface area contributed by atoms with Crippen molar-refractivity contribution in [3.63, 3.8) is 0 Å². The van der Waals surface area contributed by atoms with Crippen LogP contribution in [0, 0.1) is 13.8 Å². The summed E-state index contributed by atoms with van der Waals surface area (Å²) in [5, 5.41) is 5.91. The molecule has 5 nitrogen and oxygen atoms in total. The second kappa shape index (κ2) is 6.67. The lowest BCUT2D eigenvalue weighted by Crippen LogP contribution is -2.43. The first-order valence-corrected chi connectivity index (χ1v) is 8.42. The number of nitrogens with one attached hydrogen (secondary N) is 2. The van der Waals surface area contributed by atoms with Gasteiger partial charge in [-0.2, -0.15) is 0 Å². The minimum atomic E-state index is -0.556. The van der Waals surface area contributed by atoms with Crippen LogP contribution in [0.25, 0.3) is 0 Å². The Morgan fingerprint density at radius 3 is 2.40 bits per heavy atom. The highest BCUT2D eigenvalue weighted by molar-refractivity contribution is 5.90. The molecule has 0 radical (unpaired) electrons. The highest BCUT2D eigenvalue weighted by Gasteiger charge is 2.25. The lowest BCUT2D eigenvalue weighted by Gasteiger charge is -2.28. The van der Waals surface area contributed by atoms with Gasteiger partial charge >= 0.3 is 6.03 Å². The van der Waals surface area contributed by atoms with Gasteiger partial charge in [0.2, 0.25) is 0 Å². The fraction of sp³-hybridized carbons (Fsp3) is 0.350. The van der Waals surface area contributed by atoms with Gasteiger partial charge < -0.3 is 20.1 Å². The zero-order valence-corrected chi connectivity index (χ0v) is 15.1. The maximum Gasteiger partial charge on any atom is 0.319 e. The molecule has 2 N–H and O–H groups in total. The predicted molar refractivity (Wildman–Crippen MR) is 98.5 cm³/mol. The van der Waals surface area contributed by atoms with E-state index in [1.54, 1.807) is 0 Å². The smallest absolute Gasteiger partial charge is 0.319 e. The van der Waals surface area contributed by atoms with Crippen molar-refractivity contribution < 1.29 is 14.3 Å². The Bertz CT molecular complexity index is 800. The molecule has 0 fully saturated rings. The Morgan fingerprint density at radius 1 is 0.960 bits per heavy atom. The third-order valence-corrected chi connectivity index (χ3v) is 4.45. The lowest BCUT2D eigenvalue weighted by molar-refractivity contribution is 0.171. The summed E-state index contributed by atoms with van der Waals surface area (Å²) in [6, 6.07) is 11.4. The first-order chi connectivity index (χ1) is 11.8. The van der Waals surface area contributed by atoms with Crippen LogP contribution in [0.15, 0.2) is 36.4 Å². The van der Waals surface area contributed by atoms with Gasteiger partial charge in [-0.25, -0.2) is 4.79 Å². The van der Waals surface area contributed by atoms with Crippen molar-refractivity contribution in [2.24, 2.45) is 0 Å². The Morgan fingerprint density at radius 2 is 1.68 bits per heavy atom. The monoisotopic (exact) mass is 340 g/mol. The van der Waals surface area contributed by atoms with Gasteiger partial charge in [-0.15, -0.1) is 0 Å². The van der Waals surface area contributed by atoms with Crippen LogP contribution >= 0.6 is 0 Å². The molecule has 2 aromatic rings. The number of ether oxygens (including phenoxy) is 2. The number of carbonyl (C=O) groups excluding carboxylic acids is 1. The third-order valence-electron chi connectivity index (χ3n) is 4.45. The van der Waals surface area contributed by atoms with E-state index in [1.807, 2.05) is 64.1 Å². The average Bonchev–Trinajstić information content (AvgIpc) is 2.57. The second-order valence-electron chi connectivity index (χ2n) is 6.86. The summed E-state index contributed by atoms with van der Waals surface area (Å²) in [7, 11) is 0. The predicted octanol–water partition coefficient (Wildman–Crippen LogP) is 4.13. The molecular weight excluding hydrogens is 316 g/mol. The summed E-state index contributed by atoms with van der Waals surface area (Å²) in [6.07, 6.45) is 0. The summed E-state index contributed by atoms with van der Waals surface area (Å²) < 4.78 is 11.2. The Hall–Kier alpha value is -2.69. The molecule has 3 rings (SSSR count). The molecule has 0 aromatic heterocycles. The van der Waals surface area contributed by atoms with E-state index in [2.05, 4.69) is 10.6 Å². The van der Waals surface area contributed by atoms with Crippen LogP contribution in [0.1, 0.15) is 30.5 Å². The molecule has 0 saturated carbocycles.